The van der Waals surface area contributed by atoms with Crippen LogP contribution in [0.2, 0.25) is 0 Å². The minimum absolute atomic E-state index is 0.0129. The third kappa shape index (κ3) is 3.17. The molecular weight excluding hydrogens is 222 g/mol. The molecule has 0 unspecified atom stereocenters. The monoisotopic (exact) mass is 241 g/mol. The van der Waals surface area contributed by atoms with Gasteiger partial charge in [-0.2, -0.15) is 0 Å². The van der Waals surface area contributed by atoms with Crippen LogP contribution in [0.4, 0.5) is 0 Å². The van der Waals surface area contributed by atoms with Crippen LogP contribution >= 0.6 is 0 Å². The third-order valence-electron chi connectivity index (χ3n) is 3.40. The van der Waals surface area contributed by atoms with Crippen LogP contribution in [0, 0.1) is 0 Å². The number of hydrogen-bond acceptors (Lipinski definition) is 4. The summed E-state index contributed by atoms with van der Waals surface area (Å²) in [6, 6.07) is -0.0129. The number of carbonyl (C=O) groups is 2. The molecule has 0 aromatic heterocycles. The van der Waals surface area contributed by atoms with E-state index in [0.717, 1.165) is 19.4 Å². The molecule has 2 N–H and O–H groups in total. The molecule has 2 aliphatic rings. The number of amides is 1. The Bertz CT molecular complexity index is 294. The Labute approximate surface area is 101 Å². The molecule has 2 fully saturated rings. The van der Waals surface area contributed by atoms with Crippen molar-refractivity contribution in [3.63, 3.8) is 0 Å². The number of aliphatic carboxylic acids is 1. The Balaban J connectivity index is 1.78. The molecule has 0 aromatic carbocycles. The summed E-state index contributed by atoms with van der Waals surface area (Å²) in [5, 5.41) is 11.9. The fraction of sp³-hybridized carbons (Fsp3) is 0.818. The number of carboxylic acids is 1. The van der Waals surface area contributed by atoms with E-state index in [2.05, 4.69) is 5.32 Å². The summed E-state index contributed by atoms with van der Waals surface area (Å²) in [4.78, 5) is 26.3. The molecule has 2 aliphatic heterocycles. The van der Waals surface area contributed by atoms with E-state index in [1.165, 1.54) is 0 Å². The Morgan fingerprint density at radius 2 is 1.94 bits per heavy atom. The van der Waals surface area contributed by atoms with Crippen molar-refractivity contribution in [1.82, 2.24) is 15.1 Å². The zero-order chi connectivity index (χ0) is 12.3. The second-order valence-corrected chi connectivity index (χ2v) is 4.64. The van der Waals surface area contributed by atoms with Gasteiger partial charge in [-0.1, -0.05) is 0 Å². The standard InChI is InChI=1S/C11H19N3O3/c15-10(16)8-13-4-6-14(7-5-13)11(17)9-2-1-3-12-9/h9,12H,1-8H2,(H,15,16)/t9-/m1/s1. The molecule has 6 heteroatoms. The normalized spacial score (nSPS) is 26.1. The number of carbonyl (C=O) groups excluding carboxylic acids is 1. The number of piperazine rings is 1. The first-order valence-corrected chi connectivity index (χ1v) is 6.13. The maximum Gasteiger partial charge on any atom is 0.317 e. The van der Waals surface area contributed by atoms with Crippen LogP contribution in [0.15, 0.2) is 0 Å². The zero-order valence-corrected chi connectivity index (χ0v) is 9.89. The molecule has 0 bridgehead atoms. The second kappa shape index (κ2) is 5.46. The quantitative estimate of drug-likeness (QED) is 0.661. The minimum atomic E-state index is -0.803. The smallest absolute Gasteiger partial charge is 0.317 e. The second-order valence-electron chi connectivity index (χ2n) is 4.64. The molecule has 1 amide bonds. The molecule has 2 saturated heterocycles. The van der Waals surface area contributed by atoms with Gasteiger partial charge in [0.05, 0.1) is 12.6 Å². The summed E-state index contributed by atoms with van der Waals surface area (Å²) >= 11 is 0. The maximum absolute atomic E-state index is 12.1. The summed E-state index contributed by atoms with van der Waals surface area (Å²) in [6.45, 7) is 3.60. The van der Waals surface area contributed by atoms with Crippen LogP contribution < -0.4 is 5.32 Å². The number of hydrogen-bond donors (Lipinski definition) is 2. The van der Waals surface area contributed by atoms with Crippen LogP contribution in [0.5, 0.6) is 0 Å². The highest BCUT2D eigenvalue weighted by Gasteiger charge is 2.29. The lowest BCUT2D eigenvalue weighted by Gasteiger charge is -2.35. The van der Waals surface area contributed by atoms with Crippen LogP contribution in [0.25, 0.3) is 0 Å². The largest absolute Gasteiger partial charge is 0.480 e. The van der Waals surface area contributed by atoms with Crippen LogP contribution in [-0.2, 0) is 9.59 Å². The first kappa shape index (κ1) is 12.3. The van der Waals surface area contributed by atoms with Gasteiger partial charge in [0.15, 0.2) is 0 Å². The summed E-state index contributed by atoms with van der Waals surface area (Å²) in [6.07, 6.45) is 1.99. The molecular formula is C11H19N3O3. The van der Waals surface area contributed by atoms with Gasteiger partial charge in [-0.25, -0.2) is 0 Å². The van der Waals surface area contributed by atoms with Crippen molar-refractivity contribution in [2.75, 3.05) is 39.3 Å². The van der Waals surface area contributed by atoms with E-state index in [0.29, 0.717) is 26.2 Å². The van der Waals surface area contributed by atoms with E-state index in [4.69, 9.17) is 5.11 Å². The molecule has 2 rings (SSSR count). The van der Waals surface area contributed by atoms with Gasteiger partial charge in [0.25, 0.3) is 0 Å². The average molecular weight is 241 g/mol. The number of nitrogens with one attached hydrogen (secondary N) is 1. The van der Waals surface area contributed by atoms with E-state index in [9.17, 15) is 9.59 Å². The Hall–Kier alpha value is -1.14. The van der Waals surface area contributed by atoms with Crippen molar-refractivity contribution >= 4 is 11.9 Å². The fourth-order valence-corrected chi connectivity index (χ4v) is 2.43. The molecule has 0 aromatic rings. The molecule has 2 heterocycles. The lowest BCUT2D eigenvalue weighted by atomic mass is 10.2. The molecule has 0 spiro atoms. The fourth-order valence-electron chi connectivity index (χ4n) is 2.43. The van der Waals surface area contributed by atoms with Crippen molar-refractivity contribution in [2.45, 2.75) is 18.9 Å². The van der Waals surface area contributed by atoms with Crippen molar-refractivity contribution in [3.8, 4) is 0 Å². The van der Waals surface area contributed by atoms with Gasteiger partial charge < -0.3 is 15.3 Å². The molecule has 17 heavy (non-hydrogen) atoms. The Morgan fingerprint density at radius 3 is 2.47 bits per heavy atom. The van der Waals surface area contributed by atoms with Gasteiger partial charge in [-0.05, 0) is 19.4 Å². The highest BCUT2D eigenvalue weighted by atomic mass is 16.4. The highest BCUT2D eigenvalue weighted by molar-refractivity contribution is 5.82. The highest BCUT2D eigenvalue weighted by Crippen LogP contribution is 2.10. The Kier molecular flexibility index (Phi) is 3.96. The third-order valence-corrected chi connectivity index (χ3v) is 3.40. The zero-order valence-electron chi connectivity index (χ0n) is 9.89. The number of nitrogens with zero attached hydrogens (tertiary/aromatic N) is 2. The summed E-state index contributed by atoms with van der Waals surface area (Å²) in [5.74, 6) is -0.625. The predicted molar refractivity (Wildman–Crippen MR) is 61.7 cm³/mol. The van der Waals surface area contributed by atoms with Gasteiger partial charge in [0.1, 0.15) is 0 Å². The number of carboxylic acid groups (broad SMARTS) is 1. The predicted octanol–water partition coefficient (Wildman–Crippen LogP) is -1.03. The number of rotatable bonds is 3. The van der Waals surface area contributed by atoms with E-state index in [1.54, 1.807) is 0 Å². The van der Waals surface area contributed by atoms with E-state index in [-0.39, 0.29) is 18.5 Å². The van der Waals surface area contributed by atoms with Gasteiger partial charge in [-0.3, -0.25) is 14.5 Å². The van der Waals surface area contributed by atoms with Gasteiger partial charge in [0, 0.05) is 26.2 Å². The van der Waals surface area contributed by atoms with Crippen molar-refractivity contribution in [3.05, 3.63) is 0 Å². The van der Waals surface area contributed by atoms with Crippen molar-refractivity contribution in [1.29, 1.82) is 0 Å². The Morgan fingerprint density at radius 1 is 1.24 bits per heavy atom. The summed E-state index contributed by atoms with van der Waals surface area (Å²) in [5.41, 5.74) is 0. The average Bonchev–Trinajstić information content (AvgIpc) is 2.82. The van der Waals surface area contributed by atoms with Crippen LogP contribution in [0.3, 0.4) is 0 Å². The molecule has 6 nitrogen and oxygen atoms in total. The van der Waals surface area contributed by atoms with Crippen molar-refractivity contribution < 1.29 is 14.7 Å². The van der Waals surface area contributed by atoms with Crippen LogP contribution in [-0.4, -0.2) is 72.1 Å². The van der Waals surface area contributed by atoms with Crippen molar-refractivity contribution in [2.24, 2.45) is 0 Å². The molecule has 0 aliphatic carbocycles. The first-order valence-electron chi connectivity index (χ1n) is 6.13. The summed E-state index contributed by atoms with van der Waals surface area (Å²) < 4.78 is 0. The molecule has 0 radical (unpaired) electrons. The van der Waals surface area contributed by atoms with Crippen LogP contribution in [0.1, 0.15) is 12.8 Å². The van der Waals surface area contributed by atoms with Gasteiger partial charge in [-0.15, -0.1) is 0 Å². The minimum Gasteiger partial charge on any atom is -0.480 e. The molecule has 1 atom stereocenters. The van der Waals surface area contributed by atoms with E-state index in [1.807, 2.05) is 9.80 Å². The lowest BCUT2D eigenvalue weighted by molar-refractivity contribution is -0.139. The molecule has 96 valence electrons. The van der Waals surface area contributed by atoms with E-state index >= 15 is 0 Å². The SMILES string of the molecule is O=C(O)CN1CCN(C(=O)[C@H]2CCCN2)CC1. The van der Waals surface area contributed by atoms with Gasteiger partial charge >= 0.3 is 5.97 Å². The summed E-state index contributed by atoms with van der Waals surface area (Å²) in [7, 11) is 0. The van der Waals surface area contributed by atoms with E-state index < -0.39 is 5.97 Å². The maximum atomic E-state index is 12.1. The topological polar surface area (TPSA) is 72.9 Å². The molecule has 0 saturated carbocycles. The van der Waals surface area contributed by atoms with Gasteiger partial charge in [0.2, 0.25) is 5.91 Å². The first-order chi connectivity index (χ1) is 8.16. The lowest BCUT2D eigenvalue weighted by Crippen LogP contribution is -2.53.